The molecule has 1 heterocycles. The van der Waals surface area contributed by atoms with Crippen molar-refractivity contribution in [2.75, 3.05) is 7.11 Å². The number of benzene rings is 1. The number of hydrogen-bond donors (Lipinski definition) is 2. The van der Waals surface area contributed by atoms with Crippen LogP contribution < -0.4 is 15.9 Å². The number of rotatable bonds is 5. The van der Waals surface area contributed by atoms with Gasteiger partial charge in [-0.2, -0.15) is 10.2 Å². The highest BCUT2D eigenvalue weighted by Gasteiger charge is 2.06. The van der Waals surface area contributed by atoms with Crippen LogP contribution in [-0.4, -0.2) is 28.2 Å². The maximum Gasteiger partial charge on any atom is 0.184 e. The summed E-state index contributed by atoms with van der Waals surface area (Å²) in [5.41, 5.74) is 9.64. The van der Waals surface area contributed by atoms with E-state index in [4.69, 9.17) is 22.1 Å². The van der Waals surface area contributed by atoms with Gasteiger partial charge in [-0.05, 0) is 36.0 Å². The number of nitrogens with one attached hydrogen (secondary N) is 1. The number of hydrogen-bond acceptors (Lipinski definition) is 4. The third-order valence-corrected chi connectivity index (χ3v) is 2.91. The molecule has 2 rings (SSSR count). The van der Waals surface area contributed by atoms with E-state index in [1.807, 2.05) is 18.2 Å². The fourth-order valence-corrected chi connectivity index (χ4v) is 1.98. The molecular formula is C13H14ClN5OS. The van der Waals surface area contributed by atoms with Gasteiger partial charge in [-0.1, -0.05) is 11.6 Å². The number of aromatic nitrogens is 2. The van der Waals surface area contributed by atoms with Gasteiger partial charge in [0.1, 0.15) is 5.75 Å². The Morgan fingerprint density at radius 2 is 2.43 bits per heavy atom. The minimum absolute atomic E-state index is 0.117. The molecule has 8 heteroatoms. The first kappa shape index (κ1) is 15.3. The van der Waals surface area contributed by atoms with Crippen molar-refractivity contribution < 1.29 is 4.74 Å². The lowest BCUT2D eigenvalue weighted by molar-refractivity contribution is 0.407. The normalized spacial score (nSPS) is 10.8. The smallest absolute Gasteiger partial charge is 0.184 e. The van der Waals surface area contributed by atoms with Gasteiger partial charge in [0.05, 0.1) is 31.1 Å². The van der Waals surface area contributed by atoms with Crippen LogP contribution in [0.4, 0.5) is 0 Å². The Hall–Kier alpha value is -2.12. The van der Waals surface area contributed by atoms with Gasteiger partial charge in [0, 0.05) is 11.8 Å². The van der Waals surface area contributed by atoms with E-state index in [1.54, 1.807) is 30.4 Å². The molecule has 21 heavy (non-hydrogen) atoms. The SMILES string of the molecule is COc1ccc(/C=N/NC(N)=S)cc1Cn1cc(Cl)cn1. The second-order valence-electron chi connectivity index (χ2n) is 4.16. The van der Waals surface area contributed by atoms with Gasteiger partial charge < -0.3 is 10.5 Å². The minimum atomic E-state index is 0.117. The molecule has 0 saturated heterocycles. The Labute approximate surface area is 132 Å². The molecular weight excluding hydrogens is 310 g/mol. The van der Waals surface area contributed by atoms with Crippen LogP contribution in [0.1, 0.15) is 11.1 Å². The average molecular weight is 324 g/mol. The van der Waals surface area contributed by atoms with Crippen LogP contribution in [0.15, 0.2) is 35.7 Å². The van der Waals surface area contributed by atoms with E-state index in [0.29, 0.717) is 11.6 Å². The number of hydrazone groups is 1. The average Bonchev–Trinajstić information content (AvgIpc) is 2.84. The van der Waals surface area contributed by atoms with Gasteiger partial charge in [-0.25, -0.2) is 0 Å². The summed E-state index contributed by atoms with van der Waals surface area (Å²) in [4.78, 5) is 0. The Morgan fingerprint density at radius 1 is 1.62 bits per heavy atom. The highest BCUT2D eigenvalue weighted by molar-refractivity contribution is 7.80. The standard InChI is InChI=1S/C13H14ClN5OS/c1-20-12-3-2-9(5-16-18-13(15)21)4-10(12)7-19-8-11(14)6-17-19/h2-6,8H,7H2,1H3,(H3,15,18,21)/b16-5+. The number of nitrogens with two attached hydrogens (primary N) is 1. The largest absolute Gasteiger partial charge is 0.496 e. The molecule has 0 aliphatic heterocycles. The van der Waals surface area contributed by atoms with Gasteiger partial charge in [-0.15, -0.1) is 0 Å². The summed E-state index contributed by atoms with van der Waals surface area (Å²) in [5.74, 6) is 0.765. The molecule has 0 saturated carbocycles. The van der Waals surface area contributed by atoms with Crippen molar-refractivity contribution in [2.24, 2.45) is 10.8 Å². The summed E-state index contributed by atoms with van der Waals surface area (Å²) in [5, 5.41) is 8.78. The molecule has 0 radical (unpaired) electrons. The van der Waals surface area contributed by atoms with Crippen LogP contribution in [0.25, 0.3) is 0 Å². The molecule has 0 aliphatic carbocycles. The quantitative estimate of drug-likeness (QED) is 0.498. The van der Waals surface area contributed by atoms with E-state index < -0.39 is 0 Å². The van der Waals surface area contributed by atoms with Gasteiger partial charge in [0.2, 0.25) is 0 Å². The van der Waals surface area contributed by atoms with Crippen molar-refractivity contribution in [1.29, 1.82) is 0 Å². The molecule has 0 unspecified atom stereocenters. The van der Waals surface area contributed by atoms with Crippen molar-refractivity contribution in [3.63, 3.8) is 0 Å². The van der Waals surface area contributed by atoms with E-state index in [2.05, 4.69) is 27.8 Å². The van der Waals surface area contributed by atoms with E-state index in [0.717, 1.165) is 16.9 Å². The highest BCUT2D eigenvalue weighted by atomic mass is 35.5. The second-order valence-corrected chi connectivity index (χ2v) is 5.04. The van der Waals surface area contributed by atoms with Crippen LogP contribution >= 0.6 is 23.8 Å². The summed E-state index contributed by atoms with van der Waals surface area (Å²) in [6.45, 7) is 0.542. The molecule has 110 valence electrons. The summed E-state index contributed by atoms with van der Waals surface area (Å²) in [6, 6.07) is 5.69. The third kappa shape index (κ3) is 4.44. The molecule has 0 atom stereocenters. The van der Waals surface area contributed by atoms with Crippen molar-refractivity contribution in [3.05, 3.63) is 46.7 Å². The predicted molar refractivity (Wildman–Crippen MR) is 86.8 cm³/mol. The molecule has 1 aromatic carbocycles. The fourth-order valence-electron chi connectivity index (χ4n) is 1.77. The molecule has 2 aromatic rings. The maximum absolute atomic E-state index is 5.86. The van der Waals surface area contributed by atoms with Crippen molar-refractivity contribution in [2.45, 2.75) is 6.54 Å². The molecule has 0 aliphatic rings. The van der Waals surface area contributed by atoms with Crippen LogP contribution in [0, 0.1) is 0 Å². The van der Waals surface area contributed by atoms with Crippen LogP contribution in [-0.2, 0) is 6.54 Å². The van der Waals surface area contributed by atoms with E-state index >= 15 is 0 Å². The monoisotopic (exact) mass is 323 g/mol. The molecule has 1 aromatic heterocycles. The molecule has 0 spiro atoms. The maximum atomic E-state index is 5.86. The molecule has 0 amide bonds. The molecule has 0 fully saturated rings. The minimum Gasteiger partial charge on any atom is -0.496 e. The molecule has 6 nitrogen and oxygen atoms in total. The zero-order valence-electron chi connectivity index (χ0n) is 11.3. The van der Waals surface area contributed by atoms with E-state index in [1.165, 1.54) is 0 Å². The lowest BCUT2D eigenvalue weighted by atomic mass is 10.1. The molecule has 3 N–H and O–H groups in total. The summed E-state index contributed by atoms with van der Waals surface area (Å²) >= 11 is 10.5. The van der Waals surface area contributed by atoms with Crippen LogP contribution in [0.3, 0.4) is 0 Å². The zero-order chi connectivity index (χ0) is 15.2. The first-order valence-corrected chi connectivity index (χ1v) is 6.80. The summed E-state index contributed by atoms with van der Waals surface area (Å²) in [7, 11) is 1.62. The van der Waals surface area contributed by atoms with Gasteiger partial charge in [0.25, 0.3) is 0 Å². The van der Waals surface area contributed by atoms with Gasteiger partial charge in [-0.3, -0.25) is 10.1 Å². The second kappa shape index (κ2) is 7.05. The first-order valence-electron chi connectivity index (χ1n) is 6.02. The van der Waals surface area contributed by atoms with Crippen LogP contribution in [0.5, 0.6) is 5.75 Å². The first-order chi connectivity index (χ1) is 10.1. The zero-order valence-corrected chi connectivity index (χ0v) is 12.9. The summed E-state index contributed by atoms with van der Waals surface area (Å²) in [6.07, 6.45) is 4.96. The lowest BCUT2D eigenvalue weighted by Gasteiger charge is -2.09. The van der Waals surface area contributed by atoms with Crippen molar-refractivity contribution >= 4 is 35.1 Å². The number of nitrogens with zero attached hydrogens (tertiary/aromatic N) is 3. The van der Waals surface area contributed by atoms with Gasteiger partial charge in [0.15, 0.2) is 5.11 Å². The lowest BCUT2D eigenvalue weighted by Crippen LogP contribution is -2.24. The summed E-state index contributed by atoms with van der Waals surface area (Å²) < 4.78 is 7.08. The number of ether oxygens (including phenoxy) is 1. The Kier molecular flexibility index (Phi) is 5.13. The number of methoxy groups -OCH3 is 1. The van der Waals surface area contributed by atoms with E-state index in [9.17, 15) is 0 Å². The fraction of sp³-hybridized carbons (Fsp3) is 0.154. The Bertz CT molecular complexity index is 670. The molecule has 0 bridgehead atoms. The Morgan fingerprint density at radius 3 is 3.05 bits per heavy atom. The number of thiocarbonyl (C=S) groups is 1. The van der Waals surface area contributed by atoms with Crippen molar-refractivity contribution in [1.82, 2.24) is 15.2 Å². The third-order valence-electron chi connectivity index (χ3n) is 2.63. The Balaban J connectivity index is 2.21. The van der Waals surface area contributed by atoms with Gasteiger partial charge >= 0.3 is 0 Å². The van der Waals surface area contributed by atoms with Crippen molar-refractivity contribution in [3.8, 4) is 5.75 Å². The predicted octanol–water partition coefficient (Wildman–Crippen LogP) is 1.76. The topological polar surface area (TPSA) is 77.5 Å². The van der Waals surface area contributed by atoms with Crippen LogP contribution in [0.2, 0.25) is 5.02 Å². The highest BCUT2D eigenvalue weighted by Crippen LogP contribution is 2.20. The van der Waals surface area contributed by atoms with E-state index in [-0.39, 0.29) is 5.11 Å². The number of halogens is 1.